The summed E-state index contributed by atoms with van der Waals surface area (Å²) in [6.45, 7) is -0.500. The molecule has 8 nitrogen and oxygen atoms in total. The maximum Gasteiger partial charge on any atom is 0.331 e. The Kier molecular flexibility index (Phi) is 6.77. The van der Waals surface area contributed by atoms with Crippen LogP contribution < -0.4 is 11.1 Å². The fraction of sp³-hybridized carbons (Fsp3) is 0.0435. The van der Waals surface area contributed by atoms with Gasteiger partial charge in [-0.3, -0.25) is 9.59 Å². The third-order valence-corrected chi connectivity index (χ3v) is 6.15. The first kappa shape index (κ1) is 22.2. The summed E-state index contributed by atoms with van der Waals surface area (Å²) >= 11 is 2.69. The fourth-order valence-corrected chi connectivity index (χ4v) is 4.47. The predicted molar refractivity (Wildman–Crippen MR) is 128 cm³/mol. The lowest BCUT2D eigenvalue weighted by atomic mass is 10.2. The van der Waals surface area contributed by atoms with E-state index < -0.39 is 24.4 Å². The number of benzene rings is 1. The molecule has 3 aromatic heterocycles. The zero-order chi connectivity index (χ0) is 23.2. The molecule has 0 saturated heterocycles. The van der Waals surface area contributed by atoms with E-state index in [1.54, 1.807) is 27.5 Å². The molecular weight excluding hydrogens is 460 g/mol. The summed E-state index contributed by atoms with van der Waals surface area (Å²) in [6.07, 6.45) is 4.67. The lowest BCUT2D eigenvalue weighted by Gasteiger charge is -2.04. The summed E-state index contributed by atoms with van der Waals surface area (Å²) in [7, 11) is 0. The summed E-state index contributed by atoms with van der Waals surface area (Å²) in [5, 5.41) is 11.1. The second kappa shape index (κ2) is 10.1. The molecule has 4 rings (SSSR count). The fourth-order valence-electron chi connectivity index (χ4n) is 2.93. The predicted octanol–water partition coefficient (Wildman–Crippen LogP) is 3.96. The molecule has 0 atom stereocenters. The molecule has 3 N–H and O–H groups in total. The average Bonchev–Trinajstić information content (AvgIpc) is 3.57. The topological polar surface area (TPSA) is 116 Å². The smallest absolute Gasteiger partial charge is 0.331 e. The number of nitrogens with one attached hydrogen (secondary N) is 1. The first-order valence-corrected chi connectivity index (χ1v) is 11.5. The molecular formula is C23H18N4O4S2. The van der Waals surface area contributed by atoms with Gasteiger partial charge in [-0.05, 0) is 41.1 Å². The molecule has 0 aliphatic rings. The largest absolute Gasteiger partial charge is 0.452 e. The number of rotatable bonds is 8. The van der Waals surface area contributed by atoms with Crippen molar-refractivity contribution in [2.24, 2.45) is 5.73 Å². The number of hydrogen-bond acceptors (Lipinski definition) is 7. The van der Waals surface area contributed by atoms with Crippen LogP contribution in [0.25, 0.3) is 22.3 Å². The lowest BCUT2D eigenvalue weighted by molar-refractivity contribution is -0.142. The van der Waals surface area contributed by atoms with Gasteiger partial charge in [-0.1, -0.05) is 24.3 Å². The maximum absolute atomic E-state index is 12.2. The summed E-state index contributed by atoms with van der Waals surface area (Å²) in [4.78, 5) is 36.5. The number of nitrogens with zero attached hydrogens (tertiary/aromatic N) is 2. The van der Waals surface area contributed by atoms with Gasteiger partial charge in [0.2, 0.25) is 0 Å². The number of hydrogen-bond donors (Lipinski definition) is 2. The van der Waals surface area contributed by atoms with Crippen LogP contribution in [0.4, 0.5) is 5.00 Å². The number of aromatic nitrogens is 2. The first-order valence-electron chi connectivity index (χ1n) is 9.72. The van der Waals surface area contributed by atoms with Crippen LogP contribution >= 0.6 is 22.7 Å². The molecule has 2 amide bonds. The van der Waals surface area contributed by atoms with Crippen molar-refractivity contribution in [1.29, 1.82) is 0 Å². The van der Waals surface area contributed by atoms with Crippen molar-refractivity contribution < 1.29 is 19.1 Å². The summed E-state index contributed by atoms with van der Waals surface area (Å²) < 4.78 is 6.76. The highest BCUT2D eigenvalue weighted by Gasteiger charge is 2.14. The Hall–Kier alpha value is -4.02. The van der Waals surface area contributed by atoms with Crippen LogP contribution in [-0.2, 0) is 14.3 Å². The summed E-state index contributed by atoms with van der Waals surface area (Å²) in [5.41, 5.74) is 7.80. The highest BCUT2D eigenvalue weighted by atomic mass is 32.1. The molecule has 10 heteroatoms. The van der Waals surface area contributed by atoms with E-state index in [1.165, 1.54) is 12.1 Å². The zero-order valence-electron chi connectivity index (χ0n) is 17.1. The van der Waals surface area contributed by atoms with Gasteiger partial charge in [0.05, 0.1) is 16.1 Å². The van der Waals surface area contributed by atoms with E-state index in [-0.39, 0.29) is 5.56 Å². The number of thiophene rings is 2. The van der Waals surface area contributed by atoms with E-state index in [0.29, 0.717) is 5.00 Å². The molecule has 33 heavy (non-hydrogen) atoms. The number of amides is 2. The standard InChI is InChI=1S/C23H18N4O4S2/c24-22(30)17-10-12-33-23(17)25-19(28)14-31-20(29)9-8-15-13-27(16-5-2-1-3-6-16)26-21(15)18-7-4-11-32-18/h1-13H,14H2,(H2,24,30)(H,25,28)/b9-8+. The molecule has 4 aromatic rings. The normalized spacial score (nSPS) is 10.9. The quantitative estimate of drug-likeness (QED) is 0.294. The van der Waals surface area contributed by atoms with Crippen LogP contribution in [0.2, 0.25) is 0 Å². The van der Waals surface area contributed by atoms with E-state index in [0.717, 1.165) is 33.2 Å². The minimum atomic E-state index is -0.684. The highest BCUT2D eigenvalue weighted by Crippen LogP contribution is 2.28. The Morgan fingerprint density at radius 1 is 1.06 bits per heavy atom. The van der Waals surface area contributed by atoms with Gasteiger partial charge in [0.15, 0.2) is 6.61 Å². The van der Waals surface area contributed by atoms with Crippen molar-refractivity contribution in [3.63, 3.8) is 0 Å². The van der Waals surface area contributed by atoms with Crippen molar-refractivity contribution in [2.45, 2.75) is 0 Å². The van der Waals surface area contributed by atoms with E-state index >= 15 is 0 Å². The molecule has 166 valence electrons. The van der Waals surface area contributed by atoms with Gasteiger partial charge in [-0.15, -0.1) is 22.7 Å². The van der Waals surface area contributed by atoms with Crippen molar-refractivity contribution in [3.8, 4) is 16.3 Å². The van der Waals surface area contributed by atoms with E-state index in [9.17, 15) is 14.4 Å². The Labute approximate surface area is 196 Å². The Morgan fingerprint density at radius 2 is 1.88 bits per heavy atom. The molecule has 0 aliphatic carbocycles. The monoisotopic (exact) mass is 478 g/mol. The van der Waals surface area contributed by atoms with Gasteiger partial charge in [0, 0.05) is 17.8 Å². The number of carbonyl (C=O) groups excluding carboxylic acids is 3. The van der Waals surface area contributed by atoms with E-state index in [1.807, 2.05) is 54.0 Å². The highest BCUT2D eigenvalue weighted by molar-refractivity contribution is 7.14. The molecule has 0 bridgehead atoms. The zero-order valence-corrected chi connectivity index (χ0v) is 18.8. The summed E-state index contributed by atoms with van der Waals surface area (Å²) in [5.74, 6) is -1.90. The molecule has 0 fully saturated rings. The van der Waals surface area contributed by atoms with Gasteiger partial charge in [-0.2, -0.15) is 5.10 Å². The Bertz CT molecular complexity index is 1310. The average molecular weight is 479 g/mol. The molecule has 0 spiro atoms. The van der Waals surface area contributed by atoms with Crippen molar-refractivity contribution in [2.75, 3.05) is 11.9 Å². The van der Waals surface area contributed by atoms with Gasteiger partial charge in [0.25, 0.3) is 11.8 Å². The SMILES string of the molecule is NC(=O)c1ccsc1NC(=O)COC(=O)/C=C/c1cn(-c2ccccc2)nc1-c1cccs1. The molecule has 3 heterocycles. The number of ether oxygens (including phenoxy) is 1. The van der Waals surface area contributed by atoms with Gasteiger partial charge in [0.1, 0.15) is 10.7 Å². The summed E-state index contributed by atoms with van der Waals surface area (Å²) in [6, 6.07) is 15.0. The number of para-hydroxylation sites is 1. The van der Waals surface area contributed by atoms with Gasteiger partial charge >= 0.3 is 5.97 Å². The number of primary amides is 1. The van der Waals surface area contributed by atoms with Crippen molar-refractivity contribution >= 4 is 51.5 Å². The van der Waals surface area contributed by atoms with Crippen LogP contribution in [0.3, 0.4) is 0 Å². The molecule has 1 aromatic carbocycles. The Morgan fingerprint density at radius 3 is 2.61 bits per heavy atom. The molecule has 0 aliphatic heterocycles. The number of anilines is 1. The number of esters is 1. The molecule has 0 saturated carbocycles. The van der Waals surface area contributed by atoms with Crippen LogP contribution in [0.5, 0.6) is 0 Å². The van der Waals surface area contributed by atoms with Crippen LogP contribution in [0.15, 0.2) is 71.6 Å². The molecule has 0 unspecified atom stereocenters. The van der Waals surface area contributed by atoms with Gasteiger partial charge in [-0.25, -0.2) is 9.48 Å². The lowest BCUT2D eigenvalue weighted by Crippen LogP contribution is -2.21. The third kappa shape index (κ3) is 5.43. The molecule has 0 radical (unpaired) electrons. The van der Waals surface area contributed by atoms with Crippen LogP contribution in [-0.4, -0.2) is 34.2 Å². The first-order chi connectivity index (χ1) is 16.0. The third-order valence-electron chi connectivity index (χ3n) is 4.45. The van der Waals surface area contributed by atoms with Crippen LogP contribution in [0.1, 0.15) is 15.9 Å². The van der Waals surface area contributed by atoms with Crippen molar-refractivity contribution in [1.82, 2.24) is 9.78 Å². The van der Waals surface area contributed by atoms with E-state index in [4.69, 9.17) is 10.5 Å². The second-order valence-electron chi connectivity index (χ2n) is 6.71. The van der Waals surface area contributed by atoms with Crippen LogP contribution in [0, 0.1) is 0 Å². The number of nitrogens with two attached hydrogens (primary N) is 1. The van der Waals surface area contributed by atoms with Crippen molar-refractivity contribution in [3.05, 3.63) is 82.7 Å². The number of carbonyl (C=O) groups is 3. The second-order valence-corrected chi connectivity index (χ2v) is 8.57. The van der Waals surface area contributed by atoms with E-state index in [2.05, 4.69) is 10.4 Å². The van der Waals surface area contributed by atoms with Gasteiger partial charge < -0.3 is 15.8 Å². The minimum absolute atomic E-state index is 0.205. The Balaban J connectivity index is 1.43. The maximum atomic E-state index is 12.2. The minimum Gasteiger partial charge on any atom is -0.452 e.